The van der Waals surface area contributed by atoms with Crippen LogP contribution in [0.5, 0.6) is 0 Å². The molecule has 0 unspecified atom stereocenters. The maximum absolute atomic E-state index is 13.4. The predicted octanol–water partition coefficient (Wildman–Crippen LogP) is 5.46. The number of ether oxygens (including phenoxy) is 1. The monoisotopic (exact) mass is 506 g/mol. The predicted molar refractivity (Wildman–Crippen MR) is 139 cm³/mol. The first-order chi connectivity index (χ1) is 17.3. The van der Waals surface area contributed by atoms with Crippen LogP contribution >= 0.6 is 11.6 Å². The molecule has 4 aromatic rings. The Kier molecular flexibility index (Phi) is 6.40. The third-order valence-electron chi connectivity index (χ3n) is 6.32. The second-order valence-corrected chi connectivity index (χ2v) is 9.61. The van der Waals surface area contributed by atoms with E-state index >= 15 is 0 Å². The summed E-state index contributed by atoms with van der Waals surface area (Å²) in [5.41, 5.74) is 3.23. The SMILES string of the molecule is CN(C)C(=O)c1ccc(Nc2cc3c(cn2)cc(-c2cnn(C)c2)n3C(=O)OC2CCCC2)c(Cl)c1. The van der Waals surface area contributed by atoms with Gasteiger partial charge in [-0.1, -0.05) is 11.6 Å². The summed E-state index contributed by atoms with van der Waals surface area (Å²) in [4.78, 5) is 31.6. The van der Waals surface area contributed by atoms with Gasteiger partial charge in [0.25, 0.3) is 5.91 Å². The summed E-state index contributed by atoms with van der Waals surface area (Å²) in [6, 6.07) is 8.76. The van der Waals surface area contributed by atoms with Crippen LogP contribution in [0, 0.1) is 0 Å². The molecule has 1 N–H and O–H groups in total. The van der Waals surface area contributed by atoms with Crippen molar-refractivity contribution >= 4 is 46.0 Å². The molecule has 3 aromatic heterocycles. The molecule has 0 spiro atoms. The summed E-state index contributed by atoms with van der Waals surface area (Å²) in [5, 5.41) is 8.64. The molecular weight excluding hydrogens is 480 g/mol. The Bertz CT molecular complexity index is 1450. The van der Waals surface area contributed by atoms with E-state index in [1.807, 2.05) is 19.3 Å². The Morgan fingerprint density at radius 2 is 1.92 bits per heavy atom. The molecule has 1 saturated carbocycles. The van der Waals surface area contributed by atoms with Crippen molar-refractivity contribution in [3.05, 3.63) is 59.5 Å². The van der Waals surface area contributed by atoms with E-state index in [1.54, 1.807) is 60.0 Å². The summed E-state index contributed by atoms with van der Waals surface area (Å²) in [7, 11) is 5.21. The number of fused-ring (bicyclic) bond motifs is 1. The van der Waals surface area contributed by atoms with Gasteiger partial charge in [-0.2, -0.15) is 5.10 Å². The molecule has 0 bridgehead atoms. The number of aromatic nitrogens is 4. The van der Waals surface area contributed by atoms with Gasteiger partial charge < -0.3 is 15.0 Å². The van der Waals surface area contributed by atoms with E-state index in [9.17, 15) is 9.59 Å². The van der Waals surface area contributed by atoms with Crippen LogP contribution in [0.2, 0.25) is 5.02 Å². The van der Waals surface area contributed by atoms with Gasteiger partial charge in [-0.25, -0.2) is 14.3 Å². The number of benzene rings is 1. The number of nitrogens with zero attached hydrogens (tertiary/aromatic N) is 5. The Balaban J connectivity index is 1.52. The molecule has 9 nitrogen and oxygen atoms in total. The number of pyridine rings is 1. The highest BCUT2D eigenvalue weighted by Crippen LogP contribution is 2.32. The fourth-order valence-electron chi connectivity index (χ4n) is 4.48. The second kappa shape index (κ2) is 9.66. The molecular formula is C26H27ClN6O3. The molecule has 1 fully saturated rings. The van der Waals surface area contributed by atoms with E-state index in [-0.39, 0.29) is 12.0 Å². The highest BCUT2D eigenvalue weighted by atomic mass is 35.5. The van der Waals surface area contributed by atoms with Gasteiger partial charge in [0.1, 0.15) is 11.9 Å². The zero-order valence-corrected chi connectivity index (χ0v) is 21.1. The molecule has 1 amide bonds. The van der Waals surface area contributed by atoms with Crippen molar-refractivity contribution in [2.45, 2.75) is 31.8 Å². The normalized spacial score (nSPS) is 13.8. The van der Waals surface area contributed by atoms with Gasteiger partial charge in [0.2, 0.25) is 0 Å². The number of carbonyl (C=O) groups is 2. The van der Waals surface area contributed by atoms with Crippen molar-refractivity contribution in [1.29, 1.82) is 0 Å². The number of carbonyl (C=O) groups excluding carboxylic acids is 2. The van der Waals surface area contributed by atoms with Crippen LogP contribution in [-0.4, -0.2) is 56.4 Å². The zero-order chi connectivity index (χ0) is 25.4. The minimum absolute atomic E-state index is 0.0710. The van der Waals surface area contributed by atoms with E-state index in [4.69, 9.17) is 16.3 Å². The molecule has 0 radical (unpaired) electrons. The molecule has 0 atom stereocenters. The van der Waals surface area contributed by atoms with Crippen molar-refractivity contribution in [2.24, 2.45) is 7.05 Å². The number of aryl methyl sites for hydroxylation is 1. The first-order valence-corrected chi connectivity index (χ1v) is 12.2. The van der Waals surface area contributed by atoms with Crippen LogP contribution in [0.4, 0.5) is 16.3 Å². The number of nitrogens with one attached hydrogen (secondary N) is 1. The van der Waals surface area contributed by atoms with Gasteiger partial charge in [-0.3, -0.25) is 9.48 Å². The fraction of sp³-hybridized carbons (Fsp3) is 0.308. The molecule has 1 aliphatic rings. The lowest BCUT2D eigenvalue weighted by Crippen LogP contribution is -2.21. The molecule has 5 rings (SSSR count). The van der Waals surface area contributed by atoms with E-state index in [1.165, 1.54) is 4.90 Å². The van der Waals surface area contributed by atoms with Gasteiger partial charge in [0.05, 0.1) is 28.1 Å². The van der Waals surface area contributed by atoms with Crippen LogP contribution in [0.1, 0.15) is 36.0 Å². The summed E-state index contributed by atoms with van der Waals surface area (Å²) < 4.78 is 9.14. The Morgan fingerprint density at radius 1 is 1.14 bits per heavy atom. The smallest absolute Gasteiger partial charge is 0.419 e. The summed E-state index contributed by atoms with van der Waals surface area (Å²) >= 11 is 6.46. The highest BCUT2D eigenvalue weighted by molar-refractivity contribution is 6.33. The summed E-state index contributed by atoms with van der Waals surface area (Å²) in [6.45, 7) is 0. The molecule has 10 heteroatoms. The molecule has 1 aromatic carbocycles. The first-order valence-electron chi connectivity index (χ1n) is 11.8. The van der Waals surface area contributed by atoms with Crippen LogP contribution in [0.15, 0.2) is 48.9 Å². The van der Waals surface area contributed by atoms with Crippen molar-refractivity contribution in [1.82, 2.24) is 24.2 Å². The number of rotatable bonds is 5. The maximum Gasteiger partial charge on any atom is 0.419 e. The van der Waals surface area contributed by atoms with Crippen LogP contribution in [0.25, 0.3) is 22.2 Å². The minimum atomic E-state index is -0.419. The van der Waals surface area contributed by atoms with Gasteiger partial charge in [0, 0.05) is 56.1 Å². The van der Waals surface area contributed by atoms with E-state index in [0.717, 1.165) is 36.6 Å². The summed E-state index contributed by atoms with van der Waals surface area (Å²) in [6.07, 6.45) is 8.69. The lowest BCUT2D eigenvalue weighted by Gasteiger charge is -2.15. The largest absolute Gasteiger partial charge is 0.446 e. The molecule has 0 saturated heterocycles. The first kappa shape index (κ1) is 23.9. The quantitative estimate of drug-likeness (QED) is 0.386. The van der Waals surface area contributed by atoms with Gasteiger partial charge in [0.15, 0.2) is 0 Å². The van der Waals surface area contributed by atoms with Crippen LogP contribution < -0.4 is 5.32 Å². The third kappa shape index (κ3) is 4.66. The van der Waals surface area contributed by atoms with Gasteiger partial charge in [-0.05, 0) is 49.9 Å². The maximum atomic E-state index is 13.4. The zero-order valence-electron chi connectivity index (χ0n) is 20.4. The molecule has 3 heterocycles. The van der Waals surface area contributed by atoms with Crippen molar-refractivity contribution < 1.29 is 14.3 Å². The van der Waals surface area contributed by atoms with Gasteiger partial charge >= 0.3 is 6.09 Å². The number of amides is 1. The Morgan fingerprint density at radius 3 is 2.58 bits per heavy atom. The lowest BCUT2D eigenvalue weighted by molar-refractivity contribution is 0.0827. The standard InChI is InChI=1S/C26H27ClN6O3/c1-31(2)25(34)16-8-9-21(20(27)10-16)30-24-12-23-17(13-28-24)11-22(18-14-29-32(3)15-18)33(23)26(35)36-19-6-4-5-7-19/h8-15,19H,4-7H2,1-3H3,(H,28,30). The molecule has 0 aliphatic heterocycles. The minimum Gasteiger partial charge on any atom is -0.446 e. The van der Waals surface area contributed by atoms with Gasteiger partial charge in [-0.15, -0.1) is 0 Å². The average Bonchev–Trinajstić information content (AvgIpc) is 3.59. The number of hydrogen-bond acceptors (Lipinski definition) is 6. The third-order valence-corrected chi connectivity index (χ3v) is 6.64. The van der Waals surface area contributed by atoms with Crippen molar-refractivity contribution in [3.8, 4) is 11.3 Å². The summed E-state index contributed by atoms with van der Waals surface area (Å²) in [5.74, 6) is 0.367. The Labute approximate surface area is 213 Å². The number of halogens is 1. The second-order valence-electron chi connectivity index (χ2n) is 9.21. The van der Waals surface area contributed by atoms with Crippen molar-refractivity contribution in [3.63, 3.8) is 0 Å². The highest BCUT2D eigenvalue weighted by Gasteiger charge is 2.24. The number of anilines is 2. The van der Waals surface area contributed by atoms with Crippen LogP contribution in [0.3, 0.4) is 0 Å². The Hall–Kier alpha value is -3.85. The topological polar surface area (TPSA) is 94.3 Å². The fourth-order valence-corrected chi connectivity index (χ4v) is 4.71. The molecule has 1 aliphatic carbocycles. The number of hydrogen-bond donors (Lipinski definition) is 1. The molecule has 186 valence electrons. The van der Waals surface area contributed by atoms with E-state index < -0.39 is 6.09 Å². The van der Waals surface area contributed by atoms with E-state index in [0.29, 0.717) is 33.3 Å². The lowest BCUT2D eigenvalue weighted by atomic mass is 10.2. The van der Waals surface area contributed by atoms with Crippen molar-refractivity contribution in [2.75, 3.05) is 19.4 Å². The molecule has 36 heavy (non-hydrogen) atoms. The van der Waals surface area contributed by atoms with Crippen LogP contribution in [-0.2, 0) is 11.8 Å². The van der Waals surface area contributed by atoms with E-state index in [2.05, 4.69) is 15.4 Å². The average molecular weight is 507 g/mol.